The van der Waals surface area contributed by atoms with Crippen LogP contribution in [0.3, 0.4) is 0 Å². The van der Waals surface area contributed by atoms with E-state index in [1.807, 2.05) is 27.7 Å². The molecule has 0 spiro atoms. The van der Waals surface area contributed by atoms with E-state index < -0.39 is 11.6 Å². The monoisotopic (exact) mass is 394 g/mol. The van der Waals surface area contributed by atoms with E-state index in [2.05, 4.69) is 41.5 Å². The molecule has 2 aliphatic carbocycles. The zero-order valence-electron chi connectivity index (χ0n) is 19.7. The summed E-state index contributed by atoms with van der Waals surface area (Å²) in [5.74, 6) is 1.47. The minimum absolute atomic E-state index is 0.0845. The Morgan fingerprint density at radius 2 is 1.43 bits per heavy atom. The van der Waals surface area contributed by atoms with E-state index in [0.29, 0.717) is 23.7 Å². The molecule has 2 saturated carbocycles. The van der Waals surface area contributed by atoms with Crippen LogP contribution in [0.1, 0.15) is 82.1 Å². The lowest BCUT2D eigenvalue weighted by atomic mass is 9.57. The molecule has 2 fully saturated rings. The van der Waals surface area contributed by atoms with Crippen molar-refractivity contribution in [3.8, 4) is 0 Å². The zero-order valence-corrected chi connectivity index (χ0v) is 19.7. The Labute approximate surface area is 172 Å². The Bertz CT molecular complexity index is 591. The van der Waals surface area contributed by atoms with Gasteiger partial charge < -0.3 is 9.47 Å². The first-order chi connectivity index (χ1) is 12.6. The summed E-state index contributed by atoms with van der Waals surface area (Å²) in [5.41, 5.74) is -0.178. The summed E-state index contributed by atoms with van der Waals surface area (Å²) in [4.78, 5) is 25.0. The standard InChI is InChI=1S/C24H42O4/c1-14(2)24(9,10)28-18(25)13-27-21(26)17-12-15-11-16(17)20(23(6,7)8)19(15)22(3,4)5/h14-17,19-20H,11-13H2,1-10H3. The highest BCUT2D eigenvalue weighted by atomic mass is 16.6. The van der Waals surface area contributed by atoms with E-state index in [4.69, 9.17) is 9.47 Å². The van der Waals surface area contributed by atoms with E-state index in [9.17, 15) is 9.59 Å². The van der Waals surface area contributed by atoms with E-state index in [0.717, 1.165) is 12.8 Å². The van der Waals surface area contributed by atoms with Crippen molar-refractivity contribution in [3.05, 3.63) is 0 Å². The molecule has 5 atom stereocenters. The highest BCUT2D eigenvalue weighted by Crippen LogP contribution is 2.64. The fourth-order valence-corrected chi connectivity index (χ4v) is 5.74. The molecule has 4 heteroatoms. The number of hydrogen-bond donors (Lipinski definition) is 0. The van der Waals surface area contributed by atoms with Crippen LogP contribution >= 0.6 is 0 Å². The number of rotatable bonds is 5. The largest absolute Gasteiger partial charge is 0.457 e. The van der Waals surface area contributed by atoms with Gasteiger partial charge in [0.15, 0.2) is 6.61 Å². The Hall–Kier alpha value is -1.06. The Balaban J connectivity index is 2.02. The van der Waals surface area contributed by atoms with Crippen LogP contribution in [0.15, 0.2) is 0 Å². The lowest BCUT2D eigenvalue weighted by molar-refractivity contribution is -0.173. The molecule has 162 valence electrons. The number of fused-ring (bicyclic) bond motifs is 2. The van der Waals surface area contributed by atoms with E-state index in [1.54, 1.807) is 0 Å². The molecular formula is C24H42O4. The topological polar surface area (TPSA) is 52.6 Å². The van der Waals surface area contributed by atoms with Crippen LogP contribution in [0.5, 0.6) is 0 Å². The molecule has 2 aliphatic rings. The van der Waals surface area contributed by atoms with Crippen LogP contribution in [0.25, 0.3) is 0 Å². The highest BCUT2D eigenvalue weighted by molar-refractivity contribution is 5.78. The quantitative estimate of drug-likeness (QED) is 0.579. The number of ether oxygens (including phenoxy) is 2. The van der Waals surface area contributed by atoms with Gasteiger partial charge in [0, 0.05) is 0 Å². The van der Waals surface area contributed by atoms with Crippen molar-refractivity contribution in [2.75, 3.05) is 6.61 Å². The number of esters is 2. The molecule has 0 aromatic carbocycles. The molecule has 0 N–H and O–H groups in total. The number of hydrogen-bond acceptors (Lipinski definition) is 4. The molecule has 28 heavy (non-hydrogen) atoms. The van der Waals surface area contributed by atoms with E-state index in [1.165, 1.54) is 0 Å². The third-order valence-corrected chi connectivity index (χ3v) is 7.41. The van der Waals surface area contributed by atoms with Crippen molar-refractivity contribution in [1.82, 2.24) is 0 Å². The Morgan fingerprint density at radius 3 is 1.89 bits per heavy atom. The van der Waals surface area contributed by atoms with Crippen LogP contribution in [-0.2, 0) is 19.1 Å². The third-order valence-electron chi connectivity index (χ3n) is 7.41. The van der Waals surface area contributed by atoms with Crippen molar-refractivity contribution >= 4 is 11.9 Å². The van der Waals surface area contributed by atoms with Gasteiger partial charge in [0.1, 0.15) is 5.60 Å². The molecule has 0 amide bonds. The zero-order chi connectivity index (χ0) is 21.7. The first-order valence-corrected chi connectivity index (χ1v) is 10.9. The minimum Gasteiger partial charge on any atom is -0.457 e. The maximum absolute atomic E-state index is 12.8. The van der Waals surface area contributed by atoms with Gasteiger partial charge in [0.25, 0.3) is 0 Å². The van der Waals surface area contributed by atoms with Gasteiger partial charge in [0.05, 0.1) is 5.92 Å². The van der Waals surface area contributed by atoms with Crippen LogP contribution in [-0.4, -0.2) is 24.1 Å². The lowest BCUT2D eigenvalue weighted by Crippen LogP contribution is -2.44. The van der Waals surface area contributed by atoms with E-state index in [-0.39, 0.29) is 35.2 Å². The molecule has 4 nitrogen and oxygen atoms in total. The minimum atomic E-state index is -0.562. The molecular weight excluding hydrogens is 352 g/mol. The van der Waals surface area contributed by atoms with Crippen molar-refractivity contribution < 1.29 is 19.1 Å². The van der Waals surface area contributed by atoms with Crippen LogP contribution in [0, 0.1) is 46.3 Å². The second kappa shape index (κ2) is 7.65. The van der Waals surface area contributed by atoms with E-state index >= 15 is 0 Å². The predicted octanol–water partition coefficient (Wildman–Crippen LogP) is 5.49. The van der Waals surface area contributed by atoms with Crippen molar-refractivity contribution in [1.29, 1.82) is 0 Å². The summed E-state index contributed by atoms with van der Waals surface area (Å²) in [6, 6.07) is 0. The third kappa shape index (κ3) is 4.74. The molecule has 0 heterocycles. The Kier molecular flexibility index (Phi) is 6.34. The van der Waals surface area contributed by atoms with Crippen molar-refractivity contribution in [2.24, 2.45) is 46.3 Å². The van der Waals surface area contributed by atoms with Gasteiger partial charge >= 0.3 is 11.9 Å². The van der Waals surface area contributed by atoms with Crippen LogP contribution < -0.4 is 0 Å². The summed E-state index contributed by atoms with van der Waals surface area (Å²) in [7, 11) is 0. The second-order valence-electron chi connectivity index (χ2n) is 12.1. The molecule has 0 aliphatic heterocycles. The summed E-state index contributed by atoms with van der Waals surface area (Å²) < 4.78 is 10.9. The van der Waals surface area contributed by atoms with Crippen LogP contribution in [0.2, 0.25) is 0 Å². The first kappa shape index (κ1) is 23.2. The molecule has 2 bridgehead atoms. The SMILES string of the molecule is CC(C)C(C)(C)OC(=O)COC(=O)C1CC2CC1C(C(C)(C)C)C2C(C)(C)C. The van der Waals surface area contributed by atoms with Crippen molar-refractivity contribution in [2.45, 2.75) is 87.7 Å². The van der Waals surface area contributed by atoms with Gasteiger partial charge in [-0.25, -0.2) is 4.79 Å². The molecule has 0 aromatic rings. The summed E-state index contributed by atoms with van der Waals surface area (Å²) >= 11 is 0. The second-order valence-corrected chi connectivity index (χ2v) is 12.1. The highest BCUT2D eigenvalue weighted by Gasteiger charge is 2.60. The van der Waals surface area contributed by atoms with Gasteiger partial charge in [-0.15, -0.1) is 0 Å². The average Bonchev–Trinajstić information content (AvgIpc) is 3.09. The van der Waals surface area contributed by atoms with Gasteiger partial charge in [-0.1, -0.05) is 55.4 Å². The lowest BCUT2D eigenvalue weighted by Gasteiger charge is -2.48. The molecule has 0 radical (unpaired) electrons. The van der Waals surface area contributed by atoms with Crippen molar-refractivity contribution in [3.63, 3.8) is 0 Å². The number of carbonyl (C=O) groups excluding carboxylic acids is 2. The first-order valence-electron chi connectivity index (χ1n) is 10.9. The van der Waals surface area contributed by atoms with Crippen LogP contribution in [0.4, 0.5) is 0 Å². The maximum Gasteiger partial charge on any atom is 0.344 e. The summed E-state index contributed by atoms with van der Waals surface area (Å²) in [6.07, 6.45) is 2.00. The van der Waals surface area contributed by atoms with Gasteiger partial charge in [-0.2, -0.15) is 0 Å². The molecule has 5 unspecified atom stereocenters. The summed E-state index contributed by atoms with van der Waals surface area (Å²) in [6.45, 7) is 21.4. The molecule has 0 aromatic heterocycles. The number of carbonyl (C=O) groups is 2. The smallest absolute Gasteiger partial charge is 0.344 e. The fourth-order valence-electron chi connectivity index (χ4n) is 5.74. The average molecular weight is 395 g/mol. The van der Waals surface area contributed by atoms with Gasteiger partial charge in [0.2, 0.25) is 0 Å². The normalized spacial score (nSPS) is 30.6. The van der Waals surface area contributed by atoms with Gasteiger partial charge in [-0.05, 0) is 67.1 Å². The fraction of sp³-hybridized carbons (Fsp3) is 0.917. The maximum atomic E-state index is 12.8. The van der Waals surface area contributed by atoms with Gasteiger partial charge in [-0.3, -0.25) is 4.79 Å². The molecule has 2 rings (SSSR count). The molecule has 0 saturated heterocycles. The Morgan fingerprint density at radius 1 is 0.893 bits per heavy atom. The predicted molar refractivity (Wildman–Crippen MR) is 112 cm³/mol. The summed E-state index contributed by atoms with van der Waals surface area (Å²) in [5, 5.41) is 0.